The Morgan fingerprint density at radius 1 is 1.48 bits per heavy atom. The highest BCUT2D eigenvalue weighted by molar-refractivity contribution is 5.82. The van der Waals surface area contributed by atoms with Crippen LogP contribution >= 0.6 is 0 Å². The molecule has 2 saturated heterocycles. The van der Waals surface area contributed by atoms with E-state index in [1.165, 1.54) is 11.6 Å². The van der Waals surface area contributed by atoms with Gasteiger partial charge < -0.3 is 24.4 Å². The van der Waals surface area contributed by atoms with Crippen molar-refractivity contribution in [3.05, 3.63) is 23.3 Å². The summed E-state index contributed by atoms with van der Waals surface area (Å²) in [6, 6.07) is 0. The third-order valence-corrected chi connectivity index (χ3v) is 7.59. The van der Waals surface area contributed by atoms with Gasteiger partial charge in [-0.3, -0.25) is 0 Å². The Bertz CT molecular complexity index is 693. The van der Waals surface area contributed by atoms with E-state index in [-0.39, 0.29) is 25.4 Å². The van der Waals surface area contributed by atoms with Crippen LogP contribution in [-0.4, -0.2) is 59.9 Å². The normalized spacial score (nSPS) is 45.4. The van der Waals surface area contributed by atoms with Gasteiger partial charge in [0.15, 0.2) is 0 Å². The van der Waals surface area contributed by atoms with Crippen molar-refractivity contribution in [1.82, 2.24) is 0 Å². The summed E-state index contributed by atoms with van der Waals surface area (Å²) in [5, 5.41) is 20.0. The highest BCUT2D eigenvalue weighted by Gasteiger charge is 2.81. The molecule has 3 fully saturated rings. The summed E-state index contributed by atoms with van der Waals surface area (Å²) in [6.07, 6.45) is 5.42. The summed E-state index contributed by atoms with van der Waals surface area (Å²) in [5.74, 6) is -0.413. The monoisotopic (exact) mass is 378 g/mol. The van der Waals surface area contributed by atoms with Crippen molar-refractivity contribution < 1.29 is 29.2 Å². The first-order chi connectivity index (χ1) is 12.8. The summed E-state index contributed by atoms with van der Waals surface area (Å²) in [4.78, 5) is 12.3. The SMILES string of the molecule is CC1=C[C@H]2O[C@@H]3C[C@@H](O)[C@](C)([C@@]2(COC(=O)/C=C(\C)CCO)CC1)[C@]31CO1. The van der Waals surface area contributed by atoms with Gasteiger partial charge in [-0.15, -0.1) is 0 Å². The Balaban J connectivity index is 1.64. The van der Waals surface area contributed by atoms with E-state index in [0.29, 0.717) is 19.4 Å². The highest BCUT2D eigenvalue weighted by Crippen LogP contribution is 2.71. The lowest BCUT2D eigenvalue weighted by atomic mass is 9.51. The number of fused-ring (bicyclic) bond motifs is 2. The molecule has 6 atom stereocenters. The van der Waals surface area contributed by atoms with E-state index < -0.39 is 28.5 Å². The van der Waals surface area contributed by atoms with Crippen molar-refractivity contribution >= 4 is 5.97 Å². The van der Waals surface area contributed by atoms with Gasteiger partial charge in [-0.25, -0.2) is 4.79 Å². The molecular formula is C21H30O6. The second kappa shape index (κ2) is 6.41. The highest BCUT2D eigenvalue weighted by atomic mass is 16.6. The maximum absolute atomic E-state index is 12.3. The molecule has 1 spiro atoms. The molecule has 2 aliphatic heterocycles. The summed E-state index contributed by atoms with van der Waals surface area (Å²) in [5.41, 5.74) is 0.561. The van der Waals surface area contributed by atoms with Gasteiger partial charge in [0, 0.05) is 29.9 Å². The van der Waals surface area contributed by atoms with Crippen molar-refractivity contribution in [2.45, 2.75) is 70.4 Å². The number of allylic oxidation sites excluding steroid dienone is 1. The molecule has 2 bridgehead atoms. The molecular weight excluding hydrogens is 348 g/mol. The number of epoxide rings is 1. The number of carbonyl (C=O) groups is 1. The van der Waals surface area contributed by atoms with Crippen LogP contribution in [0.5, 0.6) is 0 Å². The molecule has 2 N–H and O–H groups in total. The molecule has 2 heterocycles. The van der Waals surface area contributed by atoms with Crippen LogP contribution in [0.3, 0.4) is 0 Å². The molecule has 0 radical (unpaired) electrons. The number of esters is 1. The first kappa shape index (κ1) is 19.1. The van der Waals surface area contributed by atoms with Gasteiger partial charge in [0.2, 0.25) is 0 Å². The summed E-state index contributed by atoms with van der Waals surface area (Å²) >= 11 is 0. The van der Waals surface area contributed by atoms with Gasteiger partial charge in [0.25, 0.3) is 0 Å². The third kappa shape index (κ3) is 2.57. The Labute approximate surface area is 160 Å². The van der Waals surface area contributed by atoms with E-state index in [1.807, 2.05) is 0 Å². The second-order valence-electron chi connectivity index (χ2n) is 8.92. The van der Waals surface area contributed by atoms with Gasteiger partial charge >= 0.3 is 5.97 Å². The number of aliphatic hydroxyl groups excluding tert-OH is 2. The Kier molecular flexibility index (Phi) is 4.54. The minimum atomic E-state index is -0.549. The standard InChI is InChI=1S/C21H30O6/c1-13-4-6-20(11-25-18(24)9-14(2)5-7-22)16(8-13)27-17-10-15(23)19(20,3)21(17)12-26-21/h8-9,15-17,22-23H,4-7,10-12H2,1-3H3/b14-9+/t15-,16-,17-,19-,20-,21+/m1/s1. The molecule has 4 rings (SSSR count). The lowest BCUT2D eigenvalue weighted by molar-refractivity contribution is -0.229. The first-order valence-electron chi connectivity index (χ1n) is 9.89. The average molecular weight is 378 g/mol. The lowest BCUT2D eigenvalue weighted by Crippen LogP contribution is -2.66. The topological polar surface area (TPSA) is 88.5 Å². The van der Waals surface area contributed by atoms with Gasteiger partial charge in [-0.1, -0.05) is 24.1 Å². The molecule has 0 unspecified atom stereocenters. The molecule has 150 valence electrons. The summed E-state index contributed by atoms with van der Waals surface area (Å²) in [6.45, 7) is 6.77. The van der Waals surface area contributed by atoms with Crippen molar-refractivity contribution in [3.63, 3.8) is 0 Å². The van der Waals surface area contributed by atoms with Crippen LogP contribution in [0.25, 0.3) is 0 Å². The maximum Gasteiger partial charge on any atom is 0.330 e. The number of carbonyl (C=O) groups excluding carboxylic acids is 1. The number of aliphatic hydroxyl groups is 2. The number of hydrogen-bond acceptors (Lipinski definition) is 6. The van der Waals surface area contributed by atoms with Crippen LogP contribution in [0.4, 0.5) is 0 Å². The van der Waals surface area contributed by atoms with Gasteiger partial charge in [-0.2, -0.15) is 0 Å². The molecule has 0 aromatic rings. The molecule has 0 aromatic heterocycles. The van der Waals surface area contributed by atoms with Crippen molar-refractivity contribution in [1.29, 1.82) is 0 Å². The summed E-state index contributed by atoms with van der Waals surface area (Å²) < 4.78 is 18.0. The smallest absolute Gasteiger partial charge is 0.330 e. The molecule has 1 saturated carbocycles. The van der Waals surface area contributed by atoms with Gasteiger partial charge in [0.05, 0.1) is 24.9 Å². The predicted molar refractivity (Wildman–Crippen MR) is 97.9 cm³/mol. The van der Waals surface area contributed by atoms with Crippen molar-refractivity contribution in [2.24, 2.45) is 10.8 Å². The van der Waals surface area contributed by atoms with Crippen molar-refractivity contribution in [3.8, 4) is 0 Å². The fraction of sp³-hybridized carbons (Fsp3) is 0.762. The van der Waals surface area contributed by atoms with E-state index in [1.54, 1.807) is 6.92 Å². The summed E-state index contributed by atoms with van der Waals surface area (Å²) in [7, 11) is 0. The third-order valence-electron chi connectivity index (χ3n) is 7.59. The molecule has 6 nitrogen and oxygen atoms in total. The van der Waals surface area contributed by atoms with Crippen LogP contribution in [0.2, 0.25) is 0 Å². The predicted octanol–water partition coefficient (Wildman–Crippen LogP) is 1.89. The Hall–Kier alpha value is -1.21. The Morgan fingerprint density at radius 3 is 2.89 bits per heavy atom. The first-order valence-corrected chi connectivity index (χ1v) is 9.89. The zero-order valence-electron chi connectivity index (χ0n) is 16.4. The molecule has 0 aromatic carbocycles. The second-order valence-corrected chi connectivity index (χ2v) is 8.92. The zero-order valence-corrected chi connectivity index (χ0v) is 16.4. The van der Waals surface area contributed by atoms with Gasteiger partial charge in [0.1, 0.15) is 12.2 Å². The van der Waals surface area contributed by atoms with Crippen LogP contribution in [0.1, 0.15) is 46.5 Å². The van der Waals surface area contributed by atoms with E-state index in [9.17, 15) is 9.90 Å². The number of rotatable bonds is 5. The van der Waals surface area contributed by atoms with E-state index in [4.69, 9.17) is 19.3 Å². The maximum atomic E-state index is 12.3. The number of hydrogen-bond donors (Lipinski definition) is 2. The molecule has 4 aliphatic rings. The largest absolute Gasteiger partial charge is 0.462 e. The minimum absolute atomic E-state index is 0.00501. The molecule has 0 amide bonds. The quantitative estimate of drug-likeness (QED) is 0.329. The van der Waals surface area contributed by atoms with E-state index in [0.717, 1.165) is 18.4 Å². The molecule has 27 heavy (non-hydrogen) atoms. The zero-order chi connectivity index (χ0) is 19.4. The fourth-order valence-corrected chi connectivity index (χ4v) is 5.69. The van der Waals surface area contributed by atoms with E-state index >= 15 is 0 Å². The van der Waals surface area contributed by atoms with Gasteiger partial charge in [-0.05, 0) is 33.1 Å². The van der Waals surface area contributed by atoms with E-state index in [2.05, 4.69) is 19.9 Å². The number of ether oxygens (including phenoxy) is 3. The van der Waals surface area contributed by atoms with Crippen LogP contribution in [0, 0.1) is 10.8 Å². The average Bonchev–Trinajstić information content (AvgIpc) is 3.38. The molecule has 2 aliphatic carbocycles. The van der Waals surface area contributed by atoms with Crippen molar-refractivity contribution in [2.75, 3.05) is 19.8 Å². The van der Waals surface area contributed by atoms with Crippen LogP contribution < -0.4 is 0 Å². The minimum Gasteiger partial charge on any atom is -0.462 e. The Morgan fingerprint density at radius 2 is 2.22 bits per heavy atom. The molecule has 6 heteroatoms. The lowest BCUT2D eigenvalue weighted by Gasteiger charge is -2.58. The van der Waals surface area contributed by atoms with Crippen LogP contribution in [0.15, 0.2) is 23.3 Å². The fourth-order valence-electron chi connectivity index (χ4n) is 5.69. The van der Waals surface area contributed by atoms with Crippen LogP contribution in [-0.2, 0) is 19.0 Å².